The summed E-state index contributed by atoms with van der Waals surface area (Å²) in [6, 6.07) is 7.10. The summed E-state index contributed by atoms with van der Waals surface area (Å²) in [6.45, 7) is 5.32. The second kappa shape index (κ2) is 7.75. The van der Waals surface area contributed by atoms with E-state index in [-0.39, 0.29) is 5.91 Å². The Morgan fingerprint density at radius 2 is 2.04 bits per heavy atom. The van der Waals surface area contributed by atoms with Crippen LogP contribution in [0, 0.1) is 0 Å². The van der Waals surface area contributed by atoms with Gasteiger partial charge in [-0.05, 0) is 32.4 Å². The number of carbonyl (C=O) groups is 2. The molecule has 3 aromatic rings. The fourth-order valence-electron chi connectivity index (χ4n) is 3.00. The van der Waals surface area contributed by atoms with Gasteiger partial charge < -0.3 is 19.6 Å². The third-order valence-electron chi connectivity index (χ3n) is 4.15. The molecule has 0 aliphatic rings. The molecule has 148 valence electrons. The maximum Gasteiger partial charge on any atom is 0.408 e. The van der Waals surface area contributed by atoms with Gasteiger partial charge in [-0.25, -0.2) is 9.78 Å². The standard InChI is InChI=1S/C20H25N5O3/c1-20(2,3)28-19(27)23-15(17(26)24-18-21-9-10-22-18)11-13-12-25(4)16-8-6-5-7-14(13)16/h5-10,12,15H,11H2,1-4H3,(H,23,27)(H2,21,22,24,26)/t15-/m0/s1. The third-order valence-corrected chi connectivity index (χ3v) is 4.15. The summed E-state index contributed by atoms with van der Waals surface area (Å²) >= 11 is 0. The number of hydrogen-bond donors (Lipinski definition) is 3. The average molecular weight is 383 g/mol. The monoisotopic (exact) mass is 383 g/mol. The van der Waals surface area contributed by atoms with Crippen LogP contribution in [0.3, 0.4) is 0 Å². The van der Waals surface area contributed by atoms with Crippen molar-refractivity contribution >= 4 is 28.9 Å². The van der Waals surface area contributed by atoms with Gasteiger partial charge in [-0.3, -0.25) is 10.1 Å². The Morgan fingerprint density at radius 3 is 2.71 bits per heavy atom. The van der Waals surface area contributed by atoms with Gasteiger partial charge in [0.15, 0.2) is 0 Å². The molecule has 2 aromatic heterocycles. The fraction of sp³-hybridized carbons (Fsp3) is 0.350. The van der Waals surface area contributed by atoms with Crippen molar-refractivity contribution in [1.82, 2.24) is 19.9 Å². The lowest BCUT2D eigenvalue weighted by atomic mass is 10.0. The van der Waals surface area contributed by atoms with Gasteiger partial charge in [0.2, 0.25) is 11.9 Å². The molecule has 0 spiro atoms. The van der Waals surface area contributed by atoms with Gasteiger partial charge in [0, 0.05) is 43.0 Å². The molecule has 0 aliphatic heterocycles. The van der Waals surface area contributed by atoms with E-state index in [0.717, 1.165) is 16.5 Å². The molecule has 3 rings (SSSR count). The molecular formula is C20H25N5O3. The number of rotatable bonds is 5. The first-order valence-corrected chi connectivity index (χ1v) is 9.05. The molecule has 2 heterocycles. The second-order valence-electron chi connectivity index (χ2n) is 7.61. The molecule has 1 aromatic carbocycles. The van der Waals surface area contributed by atoms with Crippen molar-refractivity contribution in [3.8, 4) is 0 Å². The minimum Gasteiger partial charge on any atom is -0.444 e. The van der Waals surface area contributed by atoms with Crippen LogP contribution in [0.5, 0.6) is 0 Å². The van der Waals surface area contributed by atoms with Crippen LogP contribution in [0.15, 0.2) is 42.9 Å². The number of anilines is 1. The quantitative estimate of drug-likeness (QED) is 0.630. The van der Waals surface area contributed by atoms with Crippen LogP contribution in [0.2, 0.25) is 0 Å². The molecule has 3 N–H and O–H groups in total. The highest BCUT2D eigenvalue weighted by atomic mass is 16.6. The van der Waals surface area contributed by atoms with Crippen LogP contribution in [0.4, 0.5) is 10.7 Å². The summed E-state index contributed by atoms with van der Waals surface area (Å²) in [5, 5.41) is 6.40. The first kappa shape index (κ1) is 19.5. The van der Waals surface area contributed by atoms with Crippen molar-refractivity contribution in [3.63, 3.8) is 0 Å². The number of aromatic amines is 1. The summed E-state index contributed by atoms with van der Waals surface area (Å²) in [5.41, 5.74) is 1.35. The van der Waals surface area contributed by atoms with Crippen molar-refractivity contribution in [3.05, 3.63) is 48.4 Å². The minimum atomic E-state index is -0.828. The third kappa shape index (κ3) is 4.70. The number of ether oxygens (including phenoxy) is 1. The van der Waals surface area contributed by atoms with Crippen molar-refractivity contribution in [2.75, 3.05) is 5.32 Å². The molecule has 0 radical (unpaired) electrons. The van der Waals surface area contributed by atoms with Crippen molar-refractivity contribution < 1.29 is 14.3 Å². The predicted molar refractivity (Wildman–Crippen MR) is 107 cm³/mol. The van der Waals surface area contributed by atoms with Gasteiger partial charge in [0.1, 0.15) is 11.6 Å². The van der Waals surface area contributed by atoms with Gasteiger partial charge in [-0.2, -0.15) is 0 Å². The molecule has 28 heavy (non-hydrogen) atoms. The number of nitrogens with one attached hydrogen (secondary N) is 3. The molecule has 8 nitrogen and oxygen atoms in total. The average Bonchev–Trinajstić information content (AvgIpc) is 3.21. The number of aryl methyl sites for hydroxylation is 1. The zero-order chi connectivity index (χ0) is 20.3. The predicted octanol–water partition coefficient (Wildman–Crippen LogP) is 2.98. The van der Waals surface area contributed by atoms with E-state index in [4.69, 9.17) is 4.74 Å². The number of aromatic nitrogens is 3. The molecule has 8 heteroatoms. The zero-order valence-electron chi connectivity index (χ0n) is 16.4. The van der Waals surface area contributed by atoms with Crippen molar-refractivity contribution in [2.24, 2.45) is 7.05 Å². The smallest absolute Gasteiger partial charge is 0.408 e. The van der Waals surface area contributed by atoms with E-state index >= 15 is 0 Å². The number of nitrogens with zero attached hydrogens (tertiary/aromatic N) is 2. The number of carbonyl (C=O) groups excluding carboxylic acids is 2. The van der Waals surface area contributed by atoms with E-state index in [1.807, 2.05) is 42.1 Å². The summed E-state index contributed by atoms with van der Waals surface area (Å²) in [5.74, 6) is -0.0624. The Morgan fingerprint density at radius 1 is 1.29 bits per heavy atom. The van der Waals surface area contributed by atoms with E-state index in [9.17, 15) is 9.59 Å². The number of hydrogen-bond acceptors (Lipinski definition) is 4. The van der Waals surface area contributed by atoms with E-state index in [0.29, 0.717) is 12.4 Å². The summed E-state index contributed by atoms with van der Waals surface area (Å²) in [6.07, 6.45) is 4.78. The molecule has 0 fully saturated rings. The Kier molecular flexibility index (Phi) is 5.39. The SMILES string of the molecule is Cn1cc(C[C@H](NC(=O)OC(C)(C)C)C(=O)Nc2ncc[nH]2)c2ccccc21. The number of amides is 2. The molecular weight excluding hydrogens is 358 g/mol. The van der Waals surface area contributed by atoms with Gasteiger partial charge in [-0.1, -0.05) is 18.2 Å². The number of imidazole rings is 1. The Bertz CT molecular complexity index is 970. The van der Waals surface area contributed by atoms with Gasteiger partial charge in [0.05, 0.1) is 0 Å². The lowest BCUT2D eigenvalue weighted by molar-refractivity contribution is -0.118. The molecule has 0 unspecified atom stereocenters. The Balaban J connectivity index is 1.84. The number of para-hydroxylation sites is 1. The highest BCUT2D eigenvalue weighted by Gasteiger charge is 2.26. The molecule has 0 bridgehead atoms. The maximum atomic E-state index is 12.8. The van der Waals surface area contributed by atoms with Gasteiger partial charge in [0.25, 0.3) is 0 Å². The largest absolute Gasteiger partial charge is 0.444 e. The van der Waals surface area contributed by atoms with Crippen LogP contribution in [0.1, 0.15) is 26.3 Å². The minimum absolute atomic E-state index is 0.313. The summed E-state index contributed by atoms with van der Waals surface area (Å²) < 4.78 is 7.32. The van der Waals surface area contributed by atoms with Crippen LogP contribution in [0.25, 0.3) is 10.9 Å². The van der Waals surface area contributed by atoms with Gasteiger partial charge in [-0.15, -0.1) is 0 Å². The van der Waals surface area contributed by atoms with Gasteiger partial charge >= 0.3 is 6.09 Å². The van der Waals surface area contributed by atoms with Crippen molar-refractivity contribution in [1.29, 1.82) is 0 Å². The number of alkyl carbamates (subject to hydrolysis) is 1. The lowest BCUT2D eigenvalue weighted by Crippen LogP contribution is -2.47. The highest BCUT2D eigenvalue weighted by Crippen LogP contribution is 2.22. The van der Waals surface area contributed by atoms with Crippen LogP contribution in [-0.2, 0) is 23.0 Å². The number of benzene rings is 1. The fourth-order valence-corrected chi connectivity index (χ4v) is 3.00. The normalized spacial score (nSPS) is 12.6. The second-order valence-corrected chi connectivity index (χ2v) is 7.61. The maximum absolute atomic E-state index is 12.8. The number of fused-ring (bicyclic) bond motifs is 1. The summed E-state index contributed by atoms with van der Waals surface area (Å²) in [7, 11) is 1.95. The molecule has 0 saturated carbocycles. The molecule has 1 atom stereocenters. The van der Waals surface area contributed by atoms with Crippen molar-refractivity contribution in [2.45, 2.75) is 38.8 Å². The van der Waals surface area contributed by atoms with Crippen LogP contribution < -0.4 is 10.6 Å². The molecule has 0 aliphatic carbocycles. The molecule has 0 saturated heterocycles. The number of H-pyrrole nitrogens is 1. The topological polar surface area (TPSA) is 101 Å². The first-order chi connectivity index (χ1) is 13.2. The van der Waals surface area contributed by atoms with E-state index < -0.39 is 17.7 Å². The summed E-state index contributed by atoms with van der Waals surface area (Å²) in [4.78, 5) is 31.9. The first-order valence-electron chi connectivity index (χ1n) is 9.05. The van der Waals surface area contributed by atoms with E-state index in [2.05, 4.69) is 20.6 Å². The van der Waals surface area contributed by atoms with Crippen LogP contribution in [-0.4, -0.2) is 38.2 Å². The highest BCUT2D eigenvalue weighted by molar-refractivity contribution is 5.96. The Hall–Kier alpha value is -3.29. The van der Waals surface area contributed by atoms with E-state index in [1.165, 1.54) is 6.20 Å². The van der Waals surface area contributed by atoms with Crippen LogP contribution >= 0.6 is 0 Å². The zero-order valence-corrected chi connectivity index (χ0v) is 16.4. The molecule has 2 amide bonds. The lowest BCUT2D eigenvalue weighted by Gasteiger charge is -2.23. The Labute approximate surface area is 163 Å². The van der Waals surface area contributed by atoms with E-state index in [1.54, 1.807) is 27.0 Å².